The molecule has 4 nitrogen and oxygen atoms in total. The fourth-order valence-electron chi connectivity index (χ4n) is 1.43. The number of halogens is 1. The van der Waals surface area contributed by atoms with Gasteiger partial charge in [-0.2, -0.15) is 0 Å². The minimum absolute atomic E-state index is 0.403. The molecular weight excluding hydrogens is 286 g/mol. The average Bonchev–Trinajstić information content (AvgIpc) is 2.32. The highest BCUT2D eigenvalue weighted by molar-refractivity contribution is 9.10. The van der Waals surface area contributed by atoms with E-state index in [-0.39, 0.29) is 0 Å². The van der Waals surface area contributed by atoms with Crippen molar-refractivity contribution in [2.75, 3.05) is 13.7 Å². The molecule has 0 aromatic heterocycles. The fourth-order valence-corrected chi connectivity index (χ4v) is 1.93. The standard InChI is InChI=1S/C12H16BrNO3/c1-8(12(15)16-2)17-11-9(6-7-14)4-3-5-10(11)13/h3-5,8H,6-7,14H2,1-2H3. The Balaban J connectivity index is 2.92. The van der Waals surface area contributed by atoms with E-state index in [0.717, 1.165) is 10.0 Å². The highest BCUT2D eigenvalue weighted by atomic mass is 79.9. The van der Waals surface area contributed by atoms with Gasteiger partial charge in [0.15, 0.2) is 6.10 Å². The van der Waals surface area contributed by atoms with Crippen molar-refractivity contribution in [1.29, 1.82) is 0 Å². The largest absolute Gasteiger partial charge is 0.478 e. The number of hydrogen-bond donors (Lipinski definition) is 1. The van der Waals surface area contributed by atoms with Crippen LogP contribution in [0.1, 0.15) is 12.5 Å². The summed E-state index contributed by atoms with van der Waals surface area (Å²) in [5, 5.41) is 0. The number of nitrogens with two attached hydrogens (primary N) is 1. The zero-order chi connectivity index (χ0) is 12.8. The lowest BCUT2D eigenvalue weighted by atomic mass is 10.1. The van der Waals surface area contributed by atoms with Crippen molar-refractivity contribution in [3.63, 3.8) is 0 Å². The quantitative estimate of drug-likeness (QED) is 0.844. The summed E-state index contributed by atoms with van der Waals surface area (Å²) in [6, 6.07) is 5.70. The Kier molecular flexibility index (Phi) is 5.44. The van der Waals surface area contributed by atoms with Gasteiger partial charge in [-0.05, 0) is 47.4 Å². The maximum absolute atomic E-state index is 11.3. The van der Waals surface area contributed by atoms with Crippen molar-refractivity contribution in [1.82, 2.24) is 0 Å². The molecule has 0 aliphatic carbocycles. The Morgan fingerprint density at radius 3 is 2.82 bits per heavy atom. The molecule has 0 bridgehead atoms. The number of hydrogen-bond acceptors (Lipinski definition) is 4. The molecule has 0 spiro atoms. The normalized spacial score (nSPS) is 12.0. The average molecular weight is 302 g/mol. The van der Waals surface area contributed by atoms with Gasteiger partial charge in [-0.15, -0.1) is 0 Å². The first-order chi connectivity index (χ1) is 8.10. The van der Waals surface area contributed by atoms with Crippen LogP contribution in [0.25, 0.3) is 0 Å². The van der Waals surface area contributed by atoms with Crippen LogP contribution in [0.5, 0.6) is 5.75 Å². The molecule has 0 saturated carbocycles. The Hall–Kier alpha value is -1.07. The molecule has 0 aliphatic heterocycles. The van der Waals surface area contributed by atoms with Crippen molar-refractivity contribution in [3.8, 4) is 5.75 Å². The van der Waals surface area contributed by atoms with E-state index in [0.29, 0.717) is 18.7 Å². The first-order valence-corrected chi connectivity index (χ1v) is 6.11. The summed E-state index contributed by atoms with van der Waals surface area (Å²) in [6.07, 6.45) is 0.0538. The molecule has 0 aliphatic rings. The molecule has 94 valence electrons. The summed E-state index contributed by atoms with van der Waals surface area (Å²) in [4.78, 5) is 11.3. The zero-order valence-electron chi connectivity index (χ0n) is 9.90. The van der Waals surface area contributed by atoms with Gasteiger partial charge in [0.05, 0.1) is 11.6 Å². The van der Waals surface area contributed by atoms with Crippen LogP contribution in [0.2, 0.25) is 0 Å². The van der Waals surface area contributed by atoms with Crippen LogP contribution < -0.4 is 10.5 Å². The third kappa shape index (κ3) is 3.71. The van der Waals surface area contributed by atoms with Crippen LogP contribution in [-0.4, -0.2) is 25.7 Å². The number of rotatable bonds is 5. The minimum Gasteiger partial charge on any atom is -0.478 e. The molecule has 1 aromatic carbocycles. The first-order valence-electron chi connectivity index (χ1n) is 5.32. The number of methoxy groups -OCH3 is 1. The Morgan fingerprint density at radius 1 is 1.53 bits per heavy atom. The lowest BCUT2D eigenvalue weighted by Gasteiger charge is -2.16. The van der Waals surface area contributed by atoms with E-state index in [1.54, 1.807) is 6.92 Å². The highest BCUT2D eigenvalue weighted by Gasteiger charge is 2.18. The van der Waals surface area contributed by atoms with Crippen LogP contribution in [0, 0.1) is 0 Å². The molecular formula is C12H16BrNO3. The third-order valence-corrected chi connectivity index (χ3v) is 2.91. The molecule has 1 unspecified atom stereocenters. The second-order valence-electron chi connectivity index (χ2n) is 3.55. The predicted molar refractivity (Wildman–Crippen MR) is 69.0 cm³/mol. The number of esters is 1. The van der Waals surface area contributed by atoms with Crippen molar-refractivity contribution in [2.24, 2.45) is 5.73 Å². The molecule has 1 aromatic rings. The lowest BCUT2D eigenvalue weighted by molar-refractivity contribution is -0.147. The van der Waals surface area contributed by atoms with Gasteiger partial charge >= 0.3 is 5.97 Å². The number of benzene rings is 1. The van der Waals surface area contributed by atoms with Crippen molar-refractivity contribution >= 4 is 21.9 Å². The Labute approximate surface area is 109 Å². The molecule has 0 heterocycles. The number of carbonyl (C=O) groups is 1. The molecule has 0 fully saturated rings. The van der Waals surface area contributed by atoms with Gasteiger partial charge < -0.3 is 15.2 Å². The van der Waals surface area contributed by atoms with Gasteiger partial charge in [-0.1, -0.05) is 12.1 Å². The maximum atomic E-state index is 11.3. The van der Waals surface area contributed by atoms with Gasteiger partial charge in [-0.3, -0.25) is 0 Å². The second-order valence-corrected chi connectivity index (χ2v) is 4.40. The van der Waals surface area contributed by atoms with E-state index in [4.69, 9.17) is 10.5 Å². The summed E-state index contributed by atoms with van der Waals surface area (Å²) in [5.74, 6) is 0.246. The third-order valence-electron chi connectivity index (χ3n) is 2.29. The van der Waals surface area contributed by atoms with Crippen molar-refractivity contribution < 1.29 is 14.3 Å². The molecule has 5 heteroatoms. The smallest absolute Gasteiger partial charge is 0.346 e. The summed E-state index contributed by atoms with van der Waals surface area (Å²) in [6.45, 7) is 2.18. The predicted octanol–water partition coefficient (Wildman–Crippen LogP) is 1.89. The van der Waals surface area contributed by atoms with E-state index in [1.165, 1.54) is 7.11 Å². The van der Waals surface area contributed by atoms with Crippen LogP contribution in [0.4, 0.5) is 0 Å². The molecule has 1 atom stereocenters. The summed E-state index contributed by atoms with van der Waals surface area (Å²) in [5.41, 5.74) is 6.50. The molecule has 17 heavy (non-hydrogen) atoms. The summed E-state index contributed by atoms with van der Waals surface area (Å²) < 4.78 is 11.0. The van der Waals surface area contributed by atoms with Crippen LogP contribution in [0.15, 0.2) is 22.7 Å². The Morgan fingerprint density at radius 2 is 2.24 bits per heavy atom. The molecule has 0 saturated heterocycles. The van der Waals surface area contributed by atoms with Gasteiger partial charge in [-0.25, -0.2) is 4.79 Å². The summed E-state index contributed by atoms with van der Waals surface area (Å²) in [7, 11) is 1.34. The van der Waals surface area contributed by atoms with Crippen LogP contribution in [0.3, 0.4) is 0 Å². The maximum Gasteiger partial charge on any atom is 0.346 e. The van der Waals surface area contributed by atoms with Gasteiger partial charge in [0.2, 0.25) is 0 Å². The van der Waals surface area contributed by atoms with Gasteiger partial charge in [0.1, 0.15) is 5.75 Å². The Bertz CT molecular complexity index is 395. The highest BCUT2D eigenvalue weighted by Crippen LogP contribution is 2.30. The topological polar surface area (TPSA) is 61.5 Å². The van der Waals surface area contributed by atoms with Crippen molar-refractivity contribution in [3.05, 3.63) is 28.2 Å². The number of ether oxygens (including phenoxy) is 2. The van der Waals surface area contributed by atoms with E-state index < -0.39 is 12.1 Å². The monoisotopic (exact) mass is 301 g/mol. The second kappa shape index (κ2) is 6.61. The van der Waals surface area contributed by atoms with Gasteiger partial charge in [0, 0.05) is 0 Å². The zero-order valence-corrected chi connectivity index (χ0v) is 11.5. The van der Waals surface area contributed by atoms with E-state index in [1.807, 2.05) is 18.2 Å². The lowest BCUT2D eigenvalue weighted by Crippen LogP contribution is -2.25. The van der Waals surface area contributed by atoms with E-state index in [9.17, 15) is 4.79 Å². The van der Waals surface area contributed by atoms with Crippen molar-refractivity contribution in [2.45, 2.75) is 19.4 Å². The first kappa shape index (κ1) is 14.0. The van der Waals surface area contributed by atoms with Crippen LogP contribution >= 0.6 is 15.9 Å². The summed E-state index contributed by atoms with van der Waals surface area (Å²) >= 11 is 3.40. The fraction of sp³-hybridized carbons (Fsp3) is 0.417. The SMILES string of the molecule is COC(=O)C(C)Oc1c(Br)cccc1CCN. The van der Waals surface area contributed by atoms with Gasteiger partial charge in [0.25, 0.3) is 0 Å². The van der Waals surface area contributed by atoms with Crippen LogP contribution in [-0.2, 0) is 16.0 Å². The minimum atomic E-state index is -0.643. The molecule has 1 rings (SSSR count). The van der Waals surface area contributed by atoms with E-state index >= 15 is 0 Å². The molecule has 0 amide bonds. The molecule has 2 N–H and O–H groups in total. The number of para-hydroxylation sites is 1. The number of carbonyl (C=O) groups excluding carboxylic acids is 1. The van der Waals surface area contributed by atoms with E-state index in [2.05, 4.69) is 20.7 Å². The molecule has 0 radical (unpaired) electrons.